The van der Waals surface area contributed by atoms with Gasteiger partial charge >= 0.3 is 0 Å². The maximum Gasteiger partial charge on any atom is 0.256 e. The van der Waals surface area contributed by atoms with E-state index >= 15 is 0 Å². The lowest BCUT2D eigenvalue weighted by atomic mass is 10.2. The van der Waals surface area contributed by atoms with Crippen molar-refractivity contribution in [2.75, 3.05) is 32.7 Å². The molecule has 0 saturated heterocycles. The third-order valence-electron chi connectivity index (χ3n) is 2.59. The van der Waals surface area contributed by atoms with Gasteiger partial charge in [0.15, 0.2) is 0 Å². The van der Waals surface area contributed by atoms with Crippen molar-refractivity contribution in [2.45, 2.75) is 6.10 Å². The molecule has 6 nitrogen and oxygen atoms in total. The zero-order valence-electron chi connectivity index (χ0n) is 10.7. The zero-order valence-corrected chi connectivity index (χ0v) is 10.7. The summed E-state index contributed by atoms with van der Waals surface area (Å²) in [5.41, 5.74) is 5.77. The summed E-state index contributed by atoms with van der Waals surface area (Å²) in [6, 6.07) is 5.06. The van der Waals surface area contributed by atoms with E-state index in [9.17, 15) is 9.90 Å². The van der Waals surface area contributed by atoms with E-state index in [2.05, 4.69) is 0 Å². The standard InChI is InChI=1S/C12H18N2O4/c1-14(12(16)10(15)7-13)9-6-8(17-2)4-5-11(9)18-3/h4-6,10,15H,7,13H2,1-3H3. The summed E-state index contributed by atoms with van der Waals surface area (Å²) in [6.45, 7) is -0.130. The molecular weight excluding hydrogens is 236 g/mol. The Bertz CT molecular complexity index is 423. The molecule has 0 aliphatic heterocycles. The van der Waals surface area contributed by atoms with Crippen LogP contribution in [-0.2, 0) is 4.79 Å². The summed E-state index contributed by atoms with van der Waals surface area (Å²) < 4.78 is 10.3. The van der Waals surface area contributed by atoms with E-state index in [1.165, 1.54) is 19.1 Å². The molecule has 0 fully saturated rings. The first-order valence-corrected chi connectivity index (χ1v) is 5.42. The van der Waals surface area contributed by atoms with E-state index in [1.807, 2.05) is 0 Å². The predicted molar refractivity (Wildman–Crippen MR) is 68.0 cm³/mol. The fraction of sp³-hybridized carbons (Fsp3) is 0.417. The molecule has 1 atom stereocenters. The molecule has 0 aliphatic carbocycles. The summed E-state index contributed by atoms with van der Waals surface area (Å²) in [4.78, 5) is 13.1. The molecule has 1 aromatic carbocycles. The monoisotopic (exact) mass is 254 g/mol. The lowest BCUT2D eigenvalue weighted by Gasteiger charge is -2.22. The number of nitrogens with two attached hydrogens (primary N) is 1. The van der Waals surface area contributed by atoms with Gasteiger partial charge in [0.05, 0.1) is 19.9 Å². The van der Waals surface area contributed by atoms with Crippen molar-refractivity contribution in [3.63, 3.8) is 0 Å². The summed E-state index contributed by atoms with van der Waals surface area (Å²) >= 11 is 0. The number of benzene rings is 1. The molecule has 0 aromatic heterocycles. The number of amides is 1. The quantitative estimate of drug-likeness (QED) is 0.771. The van der Waals surface area contributed by atoms with Gasteiger partial charge < -0.3 is 25.2 Å². The Morgan fingerprint density at radius 2 is 2.11 bits per heavy atom. The molecule has 3 N–H and O–H groups in total. The minimum atomic E-state index is -1.23. The first-order valence-electron chi connectivity index (χ1n) is 5.42. The maximum absolute atomic E-state index is 11.8. The molecule has 100 valence electrons. The van der Waals surface area contributed by atoms with Gasteiger partial charge in [-0.25, -0.2) is 0 Å². The van der Waals surface area contributed by atoms with Crippen LogP contribution < -0.4 is 20.1 Å². The number of hydrogen-bond donors (Lipinski definition) is 2. The number of rotatable bonds is 5. The Morgan fingerprint density at radius 3 is 2.61 bits per heavy atom. The highest BCUT2D eigenvalue weighted by molar-refractivity contribution is 5.97. The molecule has 0 saturated carbocycles. The molecule has 0 bridgehead atoms. The Morgan fingerprint density at radius 1 is 1.44 bits per heavy atom. The number of anilines is 1. The van der Waals surface area contributed by atoms with E-state index in [-0.39, 0.29) is 6.54 Å². The van der Waals surface area contributed by atoms with Crippen LogP contribution in [0, 0.1) is 0 Å². The van der Waals surface area contributed by atoms with E-state index in [0.29, 0.717) is 17.2 Å². The van der Waals surface area contributed by atoms with Crippen molar-refractivity contribution >= 4 is 11.6 Å². The predicted octanol–water partition coefficient (Wildman–Crippen LogP) is -0.0138. The number of likely N-dealkylation sites (N-methyl/N-ethyl adjacent to an activating group) is 1. The van der Waals surface area contributed by atoms with Crippen molar-refractivity contribution in [1.82, 2.24) is 0 Å². The fourth-order valence-corrected chi connectivity index (χ4v) is 1.50. The van der Waals surface area contributed by atoms with Crippen LogP contribution in [0.2, 0.25) is 0 Å². The van der Waals surface area contributed by atoms with Crippen molar-refractivity contribution in [3.8, 4) is 11.5 Å². The van der Waals surface area contributed by atoms with Gasteiger partial charge in [-0.2, -0.15) is 0 Å². The van der Waals surface area contributed by atoms with Gasteiger partial charge in [0, 0.05) is 19.7 Å². The van der Waals surface area contributed by atoms with Crippen LogP contribution in [0.3, 0.4) is 0 Å². The average Bonchev–Trinajstić information content (AvgIpc) is 2.43. The Kier molecular flexibility index (Phi) is 4.94. The van der Waals surface area contributed by atoms with Gasteiger partial charge in [-0.3, -0.25) is 4.79 Å². The molecule has 1 unspecified atom stereocenters. The molecule has 1 rings (SSSR count). The number of ether oxygens (including phenoxy) is 2. The normalized spacial score (nSPS) is 11.8. The topological polar surface area (TPSA) is 85.0 Å². The van der Waals surface area contributed by atoms with Crippen LogP contribution in [0.15, 0.2) is 18.2 Å². The first-order chi connectivity index (χ1) is 8.54. The number of carbonyl (C=O) groups excluding carboxylic acids is 1. The van der Waals surface area contributed by atoms with Crippen molar-refractivity contribution in [2.24, 2.45) is 5.73 Å². The van der Waals surface area contributed by atoms with E-state index in [4.69, 9.17) is 15.2 Å². The summed E-state index contributed by atoms with van der Waals surface area (Å²) in [5.74, 6) is 0.604. The van der Waals surface area contributed by atoms with E-state index in [0.717, 1.165) is 0 Å². The number of carbonyl (C=O) groups is 1. The molecule has 1 aromatic rings. The molecule has 6 heteroatoms. The third kappa shape index (κ3) is 2.91. The van der Waals surface area contributed by atoms with Crippen LogP contribution >= 0.6 is 0 Å². The number of methoxy groups -OCH3 is 2. The van der Waals surface area contributed by atoms with Crippen LogP contribution in [0.1, 0.15) is 0 Å². The third-order valence-corrected chi connectivity index (χ3v) is 2.59. The van der Waals surface area contributed by atoms with Crippen LogP contribution in [0.5, 0.6) is 11.5 Å². The number of aliphatic hydroxyl groups excluding tert-OH is 1. The van der Waals surface area contributed by atoms with Gasteiger partial charge in [-0.05, 0) is 12.1 Å². The zero-order chi connectivity index (χ0) is 13.7. The van der Waals surface area contributed by atoms with Crippen LogP contribution in [-0.4, -0.2) is 44.9 Å². The van der Waals surface area contributed by atoms with Gasteiger partial charge in [0.1, 0.15) is 17.6 Å². The minimum absolute atomic E-state index is 0.130. The van der Waals surface area contributed by atoms with Gasteiger partial charge in [-0.15, -0.1) is 0 Å². The lowest BCUT2D eigenvalue weighted by Crippen LogP contribution is -2.40. The molecule has 0 spiro atoms. The minimum Gasteiger partial charge on any atom is -0.497 e. The fourth-order valence-electron chi connectivity index (χ4n) is 1.50. The highest BCUT2D eigenvalue weighted by Gasteiger charge is 2.21. The summed E-state index contributed by atoms with van der Waals surface area (Å²) in [7, 11) is 4.57. The lowest BCUT2D eigenvalue weighted by molar-refractivity contribution is -0.125. The molecule has 0 radical (unpaired) electrons. The molecular formula is C12H18N2O4. The first kappa shape index (κ1) is 14.3. The molecule has 0 heterocycles. The second-order valence-electron chi connectivity index (χ2n) is 3.69. The van der Waals surface area contributed by atoms with Crippen molar-refractivity contribution < 1.29 is 19.4 Å². The highest BCUT2D eigenvalue weighted by atomic mass is 16.5. The van der Waals surface area contributed by atoms with Crippen molar-refractivity contribution in [3.05, 3.63) is 18.2 Å². The van der Waals surface area contributed by atoms with Gasteiger partial charge in [-0.1, -0.05) is 0 Å². The molecule has 18 heavy (non-hydrogen) atoms. The van der Waals surface area contributed by atoms with E-state index in [1.54, 1.807) is 25.2 Å². The second kappa shape index (κ2) is 6.23. The summed E-state index contributed by atoms with van der Waals surface area (Å²) in [5, 5.41) is 9.46. The highest BCUT2D eigenvalue weighted by Crippen LogP contribution is 2.31. The van der Waals surface area contributed by atoms with Crippen LogP contribution in [0.4, 0.5) is 5.69 Å². The molecule has 1 amide bonds. The summed E-state index contributed by atoms with van der Waals surface area (Å²) in [6.07, 6.45) is -1.23. The largest absolute Gasteiger partial charge is 0.497 e. The average molecular weight is 254 g/mol. The Labute approximate surface area is 106 Å². The van der Waals surface area contributed by atoms with Gasteiger partial charge in [0.2, 0.25) is 0 Å². The number of hydrogen-bond acceptors (Lipinski definition) is 5. The van der Waals surface area contributed by atoms with Crippen molar-refractivity contribution in [1.29, 1.82) is 0 Å². The Balaban J connectivity index is 3.09. The Hall–Kier alpha value is -1.79. The smallest absolute Gasteiger partial charge is 0.256 e. The second-order valence-corrected chi connectivity index (χ2v) is 3.69. The maximum atomic E-state index is 11.8. The van der Waals surface area contributed by atoms with E-state index < -0.39 is 12.0 Å². The van der Waals surface area contributed by atoms with Gasteiger partial charge in [0.25, 0.3) is 5.91 Å². The van der Waals surface area contributed by atoms with Crippen LogP contribution in [0.25, 0.3) is 0 Å². The SMILES string of the molecule is COc1ccc(OC)c(N(C)C(=O)C(O)CN)c1. The number of nitrogens with zero attached hydrogens (tertiary/aromatic N) is 1. The molecule has 0 aliphatic rings. The number of aliphatic hydroxyl groups is 1.